The maximum absolute atomic E-state index is 4.85. The van der Waals surface area contributed by atoms with Crippen LogP contribution < -0.4 is 10.2 Å². The van der Waals surface area contributed by atoms with Crippen molar-refractivity contribution in [1.29, 1.82) is 0 Å². The van der Waals surface area contributed by atoms with Gasteiger partial charge in [0.25, 0.3) is 0 Å². The van der Waals surface area contributed by atoms with E-state index in [9.17, 15) is 0 Å². The van der Waals surface area contributed by atoms with E-state index in [0.717, 1.165) is 18.4 Å². The van der Waals surface area contributed by atoms with E-state index in [-0.39, 0.29) is 0 Å². The van der Waals surface area contributed by atoms with E-state index in [4.69, 9.17) is 4.98 Å². The summed E-state index contributed by atoms with van der Waals surface area (Å²) in [5.74, 6) is 1.70. The Hall–Kier alpha value is -0.610. The molecule has 1 aromatic heterocycles. The van der Waals surface area contributed by atoms with E-state index in [0.29, 0.717) is 6.04 Å². The molecule has 2 rings (SSSR count). The first-order valence-corrected chi connectivity index (χ1v) is 8.93. The highest BCUT2D eigenvalue weighted by Crippen LogP contribution is 2.30. The summed E-state index contributed by atoms with van der Waals surface area (Å²) in [7, 11) is 0. The first-order valence-electron chi connectivity index (χ1n) is 8.05. The van der Waals surface area contributed by atoms with Crippen molar-refractivity contribution in [3.05, 3.63) is 11.1 Å². The van der Waals surface area contributed by atoms with Crippen LogP contribution in [-0.4, -0.2) is 24.6 Å². The number of hydrogen-bond acceptors (Lipinski definition) is 4. The Balaban J connectivity index is 1.98. The van der Waals surface area contributed by atoms with Gasteiger partial charge in [0.15, 0.2) is 5.13 Å². The molecule has 3 nitrogen and oxygen atoms in total. The number of nitrogens with zero attached hydrogens (tertiary/aromatic N) is 2. The summed E-state index contributed by atoms with van der Waals surface area (Å²) in [6.45, 7) is 12.4. The summed E-state index contributed by atoms with van der Waals surface area (Å²) in [5, 5.41) is 6.87. The lowest BCUT2D eigenvalue weighted by Crippen LogP contribution is -2.25. The molecule has 0 saturated carbocycles. The summed E-state index contributed by atoms with van der Waals surface area (Å²) >= 11 is 1.80. The smallest absolute Gasteiger partial charge is 0.185 e. The van der Waals surface area contributed by atoms with Crippen molar-refractivity contribution in [1.82, 2.24) is 10.3 Å². The molecule has 0 aliphatic carbocycles. The Morgan fingerprint density at radius 2 is 2.15 bits per heavy atom. The van der Waals surface area contributed by atoms with Gasteiger partial charge in [0.05, 0.1) is 5.69 Å². The van der Waals surface area contributed by atoms with E-state index in [1.807, 2.05) is 0 Å². The number of rotatable bonds is 5. The summed E-state index contributed by atoms with van der Waals surface area (Å²) in [6.07, 6.45) is 4.00. The van der Waals surface area contributed by atoms with Crippen LogP contribution in [0.3, 0.4) is 0 Å². The summed E-state index contributed by atoms with van der Waals surface area (Å²) in [6, 6.07) is 0.361. The van der Waals surface area contributed by atoms with Crippen molar-refractivity contribution < 1.29 is 0 Å². The highest BCUT2D eigenvalue weighted by atomic mass is 32.1. The van der Waals surface area contributed by atoms with Gasteiger partial charge in [-0.15, -0.1) is 11.3 Å². The van der Waals surface area contributed by atoms with Crippen LogP contribution in [0.15, 0.2) is 5.38 Å². The van der Waals surface area contributed by atoms with Crippen LogP contribution >= 0.6 is 11.3 Å². The second-order valence-corrected chi connectivity index (χ2v) is 7.09. The van der Waals surface area contributed by atoms with Gasteiger partial charge >= 0.3 is 0 Å². The third-order valence-electron chi connectivity index (χ3n) is 4.45. The molecule has 1 aliphatic rings. The molecule has 2 unspecified atom stereocenters. The fourth-order valence-corrected chi connectivity index (χ4v) is 3.98. The Labute approximate surface area is 127 Å². The van der Waals surface area contributed by atoms with Gasteiger partial charge in [0.2, 0.25) is 0 Å². The van der Waals surface area contributed by atoms with E-state index in [1.54, 1.807) is 11.3 Å². The van der Waals surface area contributed by atoms with Crippen molar-refractivity contribution in [2.75, 3.05) is 24.5 Å². The summed E-state index contributed by atoms with van der Waals surface area (Å²) in [5.41, 5.74) is 1.19. The molecular weight excluding hydrogens is 266 g/mol. The quantitative estimate of drug-likeness (QED) is 0.887. The summed E-state index contributed by atoms with van der Waals surface area (Å²) < 4.78 is 0. The van der Waals surface area contributed by atoms with E-state index < -0.39 is 0 Å². The number of thiazole rings is 1. The Kier molecular flexibility index (Phi) is 5.85. The van der Waals surface area contributed by atoms with Gasteiger partial charge < -0.3 is 10.2 Å². The molecule has 1 saturated heterocycles. The van der Waals surface area contributed by atoms with Gasteiger partial charge in [-0.1, -0.05) is 20.8 Å². The minimum absolute atomic E-state index is 0.361. The zero-order valence-corrected chi connectivity index (χ0v) is 14.2. The fraction of sp³-hybridized carbons (Fsp3) is 0.812. The zero-order valence-electron chi connectivity index (χ0n) is 13.4. The van der Waals surface area contributed by atoms with E-state index >= 15 is 0 Å². The van der Waals surface area contributed by atoms with Crippen LogP contribution in [0.1, 0.15) is 58.7 Å². The molecule has 1 N–H and O–H groups in total. The van der Waals surface area contributed by atoms with Crippen molar-refractivity contribution >= 4 is 16.5 Å². The first kappa shape index (κ1) is 15.8. The molecule has 1 fully saturated rings. The first-order chi connectivity index (χ1) is 9.61. The van der Waals surface area contributed by atoms with Crippen LogP contribution in [0.4, 0.5) is 5.13 Å². The van der Waals surface area contributed by atoms with Crippen LogP contribution in [-0.2, 0) is 0 Å². The number of anilines is 1. The SMILES string of the molecule is CCNC(C)c1csc(N2CCCC(C(C)C)CC2)n1. The molecule has 0 amide bonds. The van der Waals surface area contributed by atoms with Crippen molar-refractivity contribution in [2.24, 2.45) is 11.8 Å². The average molecular weight is 295 g/mol. The maximum atomic E-state index is 4.85. The van der Waals surface area contributed by atoms with Gasteiger partial charge in [0.1, 0.15) is 0 Å². The van der Waals surface area contributed by atoms with Crippen LogP contribution in [0.2, 0.25) is 0 Å². The lowest BCUT2D eigenvalue weighted by molar-refractivity contribution is 0.351. The molecule has 20 heavy (non-hydrogen) atoms. The highest BCUT2D eigenvalue weighted by molar-refractivity contribution is 7.13. The van der Waals surface area contributed by atoms with E-state index in [1.165, 1.54) is 43.2 Å². The lowest BCUT2D eigenvalue weighted by Gasteiger charge is -2.20. The van der Waals surface area contributed by atoms with Crippen molar-refractivity contribution in [3.8, 4) is 0 Å². The van der Waals surface area contributed by atoms with Crippen LogP contribution in [0.25, 0.3) is 0 Å². The molecule has 1 aromatic rings. The number of aromatic nitrogens is 1. The third kappa shape index (κ3) is 3.95. The molecule has 0 spiro atoms. The maximum Gasteiger partial charge on any atom is 0.185 e. The molecule has 0 bridgehead atoms. The molecule has 114 valence electrons. The predicted octanol–water partition coefficient (Wildman–Crippen LogP) is 4.08. The third-order valence-corrected chi connectivity index (χ3v) is 5.37. The zero-order chi connectivity index (χ0) is 14.5. The standard InChI is InChI=1S/C16H29N3S/c1-5-17-13(4)15-11-20-16(18-15)19-9-6-7-14(8-10-19)12(2)3/h11-14,17H,5-10H2,1-4H3. The second kappa shape index (κ2) is 7.41. The van der Waals surface area contributed by atoms with E-state index in [2.05, 4.69) is 43.3 Å². The molecular formula is C16H29N3S. The van der Waals surface area contributed by atoms with Crippen LogP contribution in [0, 0.1) is 11.8 Å². The Morgan fingerprint density at radius 1 is 1.35 bits per heavy atom. The minimum atomic E-state index is 0.361. The van der Waals surface area contributed by atoms with Gasteiger partial charge in [0, 0.05) is 24.5 Å². The van der Waals surface area contributed by atoms with Crippen molar-refractivity contribution in [3.63, 3.8) is 0 Å². The molecule has 2 heterocycles. The minimum Gasteiger partial charge on any atom is -0.348 e. The monoisotopic (exact) mass is 295 g/mol. The molecule has 4 heteroatoms. The highest BCUT2D eigenvalue weighted by Gasteiger charge is 2.21. The van der Waals surface area contributed by atoms with Gasteiger partial charge in [-0.25, -0.2) is 4.98 Å². The van der Waals surface area contributed by atoms with Crippen LogP contribution in [0.5, 0.6) is 0 Å². The Bertz CT molecular complexity index is 402. The lowest BCUT2D eigenvalue weighted by atomic mass is 9.89. The van der Waals surface area contributed by atoms with Crippen molar-refractivity contribution in [2.45, 2.75) is 53.0 Å². The summed E-state index contributed by atoms with van der Waals surface area (Å²) in [4.78, 5) is 7.34. The average Bonchev–Trinajstić information content (AvgIpc) is 2.77. The Morgan fingerprint density at radius 3 is 2.85 bits per heavy atom. The fourth-order valence-electron chi connectivity index (χ4n) is 3.01. The molecule has 0 radical (unpaired) electrons. The molecule has 1 aliphatic heterocycles. The van der Waals surface area contributed by atoms with Gasteiger partial charge in [-0.2, -0.15) is 0 Å². The normalized spacial score (nSPS) is 22.1. The predicted molar refractivity (Wildman–Crippen MR) is 88.6 cm³/mol. The van der Waals surface area contributed by atoms with Gasteiger partial charge in [-0.3, -0.25) is 0 Å². The topological polar surface area (TPSA) is 28.2 Å². The molecule has 0 aromatic carbocycles. The van der Waals surface area contributed by atoms with Gasteiger partial charge in [-0.05, 0) is 44.6 Å². The number of nitrogens with one attached hydrogen (secondary N) is 1. The second-order valence-electron chi connectivity index (χ2n) is 6.26. The number of hydrogen-bond donors (Lipinski definition) is 1. The largest absolute Gasteiger partial charge is 0.348 e. The molecule has 2 atom stereocenters.